The number of benzene rings is 2. The van der Waals surface area contributed by atoms with E-state index in [1.807, 2.05) is 42.5 Å². The van der Waals surface area contributed by atoms with E-state index in [4.69, 9.17) is 5.11 Å². The van der Waals surface area contributed by atoms with Crippen molar-refractivity contribution < 1.29 is 9.90 Å². The fourth-order valence-corrected chi connectivity index (χ4v) is 2.41. The summed E-state index contributed by atoms with van der Waals surface area (Å²) in [5, 5.41) is 9.10. The van der Waals surface area contributed by atoms with Crippen molar-refractivity contribution in [3.05, 3.63) is 71.9 Å². The molecule has 3 aromatic rings. The summed E-state index contributed by atoms with van der Waals surface area (Å²) >= 11 is 0. The van der Waals surface area contributed by atoms with Gasteiger partial charge in [0.1, 0.15) is 0 Å². The van der Waals surface area contributed by atoms with Crippen LogP contribution >= 0.6 is 0 Å². The van der Waals surface area contributed by atoms with E-state index in [-0.39, 0.29) is 0 Å². The lowest BCUT2D eigenvalue weighted by Crippen LogP contribution is -1.95. The van der Waals surface area contributed by atoms with Gasteiger partial charge in [-0.1, -0.05) is 54.6 Å². The van der Waals surface area contributed by atoms with Crippen molar-refractivity contribution in [1.29, 1.82) is 0 Å². The molecule has 0 aliphatic rings. The standard InChI is InChI=1S/C18H15NO2/c1-12-16(18(20)21)11-17(19-12)15-9-7-14(8-10-15)13-5-3-2-4-6-13/h2-11,19H,1H3,(H,20,21). The Morgan fingerprint density at radius 1 is 0.905 bits per heavy atom. The smallest absolute Gasteiger partial charge is 0.337 e. The van der Waals surface area contributed by atoms with Crippen molar-refractivity contribution in [3.8, 4) is 22.4 Å². The number of aromatic carboxylic acids is 1. The highest BCUT2D eigenvalue weighted by atomic mass is 16.4. The summed E-state index contributed by atoms with van der Waals surface area (Å²) in [6.07, 6.45) is 0. The number of hydrogen-bond donors (Lipinski definition) is 2. The van der Waals surface area contributed by atoms with Crippen molar-refractivity contribution in [2.75, 3.05) is 0 Å². The van der Waals surface area contributed by atoms with E-state index < -0.39 is 5.97 Å². The summed E-state index contributed by atoms with van der Waals surface area (Å²) in [4.78, 5) is 14.2. The summed E-state index contributed by atoms with van der Waals surface area (Å²) in [6, 6.07) is 19.9. The van der Waals surface area contributed by atoms with Crippen molar-refractivity contribution in [1.82, 2.24) is 4.98 Å². The van der Waals surface area contributed by atoms with Crippen molar-refractivity contribution >= 4 is 5.97 Å². The zero-order chi connectivity index (χ0) is 14.8. The molecule has 0 bridgehead atoms. The maximum absolute atomic E-state index is 11.1. The number of rotatable bonds is 3. The van der Waals surface area contributed by atoms with Crippen molar-refractivity contribution in [2.24, 2.45) is 0 Å². The zero-order valence-electron chi connectivity index (χ0n) is 11.6. The van der Waals surface area contributed by atoms with Gasteiger partial charge in [-0.2, -0.15) is 0 Å². The molecule has 0 amide bonds. The van der Waals surface area contributed by atoms with E-state index in [1.54, 1.807) is 13.0 Å². The van der Waals surface area contributed by atoms with E-state index in [0.717, 1.165) is 22.4 Å². The topological polar surface area (TPSA) is 53.1 Å². The predicted octanol–water partition coefficient (Wildman–Crippen LogP) is 4.36. The van der Waals surface area contributed by atoms with Gasteiger partial charge in [-0.3, -0.25) is 0 Å². The quantitative estimate of drug-likeness (QED) is 0.747. The van der Waals surface area contributed by atoms with E-state index in [1.165, 1.54) is 0 Å². The van der Waals surface area contributed by atoms with Gasteiger partial charge in [-0.25, -0.2) is 4.79 Å². The molecule has 104 valence electrons. The molecule has 0 unspecified atom stereocenters. The molecule has 0 saturated carbocycles. The number of aryl methyl sites for hydroxylation is 1. The van der Waals surface area contributed by atoms with Crippen LogP contribution < -0.4 is 0 Å². The van der Waals surface area contributed by atoms with Gasteiger partial charge in [0.15, 0.2) is 0 Å². The zero-order valence-corrected chi connectivity index (χ0v) is 11.6. The Balaban J connectivity index is 1.94. The third-order valence-electron chi connectivity index (χ3n) is 3.55. The van der Waals surface area contributed by atoms with Crippen LogP contribution in [-0.4, -0.2) is 16.1 Å². The minimum atomic E-state index is -0.907. The normalized spacial score (nSPS) is 10.5. The first-order chi connectivity index (χ1) is 10.1. The SMILES string of the molecule is Cc1[nH]c(-c2ccc(-c3ccccc3)cc2)cc1C(=O)O. The van der Waals surface area contributed by atoms with Gasteiger partial charge >= 0.3 is 5.97 Å². The minimum absolute atomic E-state index is 0.317. The van der Waals surface area contributed by atoms with Crippen LogP contribution in [0, 0.1) is 6.92 Å². The second-order valence-corrected chi connectivity index (χ2v) is 4.97. The lowest BCUT2D eigenvalue weighted by molar-refractivity contribution is 0.0696. The molecule has 2 aromatic carbocycles. The Morgan fingerprint density at radius 3 is 2.05 bits per heavy atom. The molecule has 1 aromatic heterocycles. The summed E-state index contributed by atoms with van der Waals surface area (Å²) in [7, 11) is 0. The molecule has 0 fully saturated rings. The number of carbonyl (C=O) groups is 1. The van der Waals surface area contributed by atoms with Crippen LogP contribution in [0.15, 0.2) is 60.7 Å². The molecule has 3 rings (SSSR count). The van der Waals surface area contributed by atoms with Gasteiger partial charge < -0.3 is 10.1 Å². The molecular formula is C18H15NO2. The maximum Gasteiger partial charge on any atom is 0.337 e. The van der Waals surface area contributed by atoms with Crippen LogP contribution in [0.4, 0.5) is 0 Å². The number of carboxylic acid groups (broad SMARTS) is 1. The molecule has 0 aliphatic heterocycles. The van der Waals surface area contributed by atoms with Crippen LogP contribution in [0.25, 0.3) is 22.4 Å². The monoisotopic (exact) mass is 277 g/mol. The lowest BCUT2D eigenvalue weighted by Gasteiger charge is -2.03. The lowest BCUT2D eigenvalue weighted by atomic mass is 10.0. The number of nitrogens with one attached hydrogen (secondary N) is 1. The highest BCUT2D eigenvalue weighted by Crippen LogP contribution is 2.25. The Kier molecular flexibility index (Phi) is 3.32. The van der Waals surface area contributed by atoms with Crippen LogP contribution in [0.2, 0.25) is 0 Å². The van der Waals surface area contributed by atoms with Crippen molar-refractivity contribution in [2.45, 2.75) is 6.92 Å². The molecule has 21 heavy (non-hydrogen) atoms. The first-order valence-electron chi connectivity index (χ1n) is 6.74. The molecule has 0 saturated heterocycles. The Labute approximate surface area is 122 Å². The van der Waals surface area contributed by atoms with E-state index in [9.17, 15) is 4.79 Å². The molecule has 0 radical (unpaired) electrons. The molecule has 0 spiro atoms. The fraction of sp³-hybridized carbons (Fsp3) is 0.0556. The van der Waals surface area contributed by atoms with E-state index in [2.05, 4.69) is 17.1 Å². The largest absolute Gasteiger partial charge is 0.478 e. The predicted molar refractivity (Wildman–Crippen MR) is 83.4 cm³/mol. The molecule has 0 atom stereocenters. The van der Waals surface area contributed by atoms with E-state index >= 15 is 0 Å². The third kappa shape index (κ3) is 2.58. The molecule has 3 nitrogen and oxygen atoms in total. The number of carboxylic acids is 1. The molecule has 1 heterocycles. The van der Waals surface area contributed by atoms with Crippen LogP contribution in [0.1, 0.15) is 16.1 Å². The summed E-state index contributed by atoms with van der Waals surface area (Å²) in [6.45, 7) is 1.77. The third-order valence-corrected chi connectivity index (χ3v) is 3.55. The molecule has 3 heteroatoms. The maximum atomic E-state index is 11.1. The Hall–Kier alpha value is -2.81. The second-order valence-electron chi connectivity index (χ2n) is 4.97. The Morgan fingerprint density at radius 2 is 1.48 bits per heavy atom. The Bertz CT molecular complexity index is 771. The van der Waals surface area contributed by atoms with Crippen molar-refractivity contribution in [3.63, 3.8) is 0 Å². The highest BCUT2D eigenvalue weighted by Gasteiger charge is 2.12. The van der Waals surface area contributed by atoms with Crippen LogP contribution in [0.5, 0.6) is 0 Å². The minimum Gasteiger partial charge on any atom is -0.478 e. The van der Waals surface area contributed by atoms with Gasteiger partial charge in [0, 0.05) is 11.4 Å². The second kappa shape index (κ2) is 5.29. The fourth-order valence-electron chi connectivity index (χ4n) is 2.41. The summed E-state index contributed by atoms with van der Waals surface area (Å²) in [5.74, 6) is -0.907. The van der Waals surface area contributed by atoms with Gasteiger partial charge in [-0.15, -0.1) is 0 Å². The average molecular weight is 277 g/mol. The first-order valence-corrected chi connectivity index (χ1v) is 6.74. The van der Waals surface area contributed by atoms with Gasteiger partial charge in [0.05, 0.1) is 5.56 Å². The first kappa shape index (κ1) is 13.2. The van der Waals surface area contributed by atoms with E-state index in [0.29, 0.717) is 11.3 Å². The van der Waals surface area contributed by atoms with Crippen LogP contribution in [-0.2, 0) is 0 Å². The molecular weight excluding hydrogens is 262 g/mol. The average Bonchev–Trinajstić information content (AvgIpc) is 2.90. The number of H-pyrrole nitrogens is 1. The van der Waals surface area contributed by atoms with Crippen LogP contribution in [0.3, 0.4) is 0 Å². The number of hydrogen-bond acceptors (Lipinski definition) is 1. The number of aromatic amines is 1. The van der Waals surface area contributed by atoms with Gasteiger partial charge in [0.25, 0.3) is 0 Å². The van der Waals surface area contributed by atoms with Gasteiger partial charge in [-0.05, 0) is 29.7 Å². The summed E-state index contributed by atoms with van der Waals surface area (Å²) < 4.78 is 0. The van der Waals surface area contributed by atoms with Gasteiger partial charge in [0.2, 0.25) is 0 Å². The number of aromatic nitrogens is 1. The molecule has 0 aliphatic carbocycles. The molecule has 2 N–H and O–H groups in total. The summed E-state index contributed by atoms with van der Waals surface area (Å²) in [5.41, 5.74) is 5.09. The highest BCUT2D eigenvalue weighted by molar-refractivity contribution is 5.91.